The van der Waals surface area contributed by atoms with Gasteiger partial charge in [-0.1, -0.05) is 25.1 Å². The van der Waals surface area contributed by atoms with Gasteiger partial charge >= 0.3 is 6.18 Å². The molecule has 0 bridgehead atoms. The fourth-order valence-corrected chi connectivity index (χ4v) is 2.27. The summed E-state index contributed by atoms with van der Waals surface area (Å²) in [5, 5.41) is 22.3. The minimum atomic E-state index is -4.41. The molecule has 4 nitrogen and oxygen atoms in total. The lowest BCUT2D eigenvalue weighted by atomic mass is 9.99. The molecule has 0 aliphatic rings. The molecule has 0 amide bonds. The lowest BCUT2D eigenvalue weighted by molar-refractivity contribution is -0.137. The Labute approximate surface area is 137 Å². The number of nitriles is 1. The first-order chi connectivity index (χ1) is 11.3. The van der Waals surface area contributed by atoms with Crippen molar-refractivity contribution in [2.24, 2.45) is 0 Å². The van der Waals surface area contributed by atoms with Crippen molar-refractivity contribution in [3.63, 3.8) is 0 Å². The van der Waals surface area contributed by atoms with Crippen LogP contribution in [0, 0.1) is 11.3 Å². The summed E-state index contributed by atoms with van der Waals surface area (Å²) in [6, 6.07) is 10.7. The van der Waals surface area contributed by atoms with E-state index in [-0.39, 0.29) is 5.69 Å². The molecule has 1 heterocycles. The quantitative estimate of drug-likeness (QED) is 0.869. The summed E-state index contributed by atoms with van der Waals surface area (Å²) in [5.41, 5.74) is -0.152. The van der Waals surface area contributed by atoms with Crippen molar-refractivity contribution in [1.82, 2.24) is 4.98 Å². The third kappa shape index (κ3) is 4.24. The van der Waals surface area contributed by atoms with Crippen LogP contribution in [-0.2, 0) is 6.18 Å². The van der Waals surface area contributed by atoms with Gasteiger partial charge in [0.15, 0.2) is 0 Å². The third-order valence-electron chi connectivity index (χ3n) is 3.60. The summed E-state index contributed by atoms with van der Waals surface area (Å²) in [6.07, 6.45) is -4.90. The van der Waals surface area contributed by atoms with Crippen LogP contribution in [0.5, 0.6) is 0 Å². The van der Waals surface area contributed by atoms with Gasteiger partial charge < -0.3 is 10.4 Å². The van der Waals surface area contributed by atoms with E-state index in [1.807, 2.05) is 13.0 Å². The topological polar surface area (TPSA) is 68.9 Å². The van der Waals surface area contributed by atoms with E-state index < -0.39 is 23.9 Å². The van der Waals surface area contributed by atoms with Gasteiger partial charge in [-0.15, -0.1) is 0 Å². The van der Waals surface area contributed by atoms with Gasteiger partial charge in [0, 0.05) is 0 Å². The third-order valence-corrected chi connectivity index (χ3v) is 3.60. The molecule has 126 valence electrons. The maximum absolute atomic E-state index is 12.6. The fraction of sp³-hybridized carbons (Fsp3) is 0.294. The predicted molar refractivity (Wildman–Crippen MR) is 83.1 cm³/mol. The van der Waals surface area contributed by atoms with E-state index in [2.05, 4.69) is 10.3 Å². The molecular formula is C17H16F3N3O. The minimum absolute atomic E-state index is 0.235. The Balaban J connectivity index is 2.16. The van der Waals surface area contributed by atoms with Gasteiger partial charge in [-0.2, -0.15) is 18.4 Å². The van der Waals surface area contributed by atoms with Crippen molar-refractivity contribution in [2.45, 2.75) is 31.7 Å². The SMILES string of the molecule is CCC(Nc1cccc(C#N)n1)C(O)c1ccc(C(F)(F)F)cc1. The van der Waals surface area contributed by atoms with Gasteiger partial charge in [0.05, 0.1) is 17.7 Å². The van der Waals surface area contributed by atoms with E-state index >= 15 is 0 Å². The van der Waals surface area contributed by atoms with Crippen LogP contribution < -0.4 is 5.32 Å². The number of aliphatic hydroxyl groups excluding tert-OH is 1. The summed E-state index contributed by atoms with van der Waals surface area (Å²) in [5.74, 6) is 0.423. The molecular weight excluding hydrogens is 319 g/mol. The van der Waals surface area contributed by atoms with Gasteiger partial charge in [-0.25, -0.2) is 4.98 Å². The average Bonchev–Trinajstić information content (AvgIpc) is 2.58. The highest BCUT2D eigenvalue weighted by molar-refractivity contribution is 5.40. The predicted octanol–water partition coefficient (Wildman–Crippen LogP) is 3.90. The van der Waals surface area contributed by atoms with Gasteiger partial charge in [-0.3, -0.25) is 0 Å². The first kappa shape index (κ1) is 17.8. The molecule has 2 rings (SSSR count). The molecule has 0 aliphatic carbocycles. The highest BCUT2D eigenvalue weighted by Crippen LogP contribution is 2.31. The van der Waals surface area contributed by atoms with Crippen molar-refractivity contribution in [1.29, 1.82) is 5.26 Å². The number of alkyl halides is 3. The van der Waals surface area contributed by atoms with Gasteiger partial charge in [-0.05, 0) is 36.2 Å². The summed E-state index contributed by atoms with van der Waals surface area (Å²) in [4.78, 5) is 4.07. The number of hydrogen-bond acceptors (Lipinski definition) is 4. The largest absolute Gasteiger partial charge is 0.416 e. The van der Waals surface area contributed by atoms with Gasteiger partial charge in [0.2, 0.25) is 0 Å². The van der Waals surface area contributed by atoms with Crippen LogP contribution in [-0.4, -0.2) is 16.1 Å². The van der Waals surface area contributed by atoms with Crippen molar-refractivity contribution in [3.05, 3.63) is 59.3 Å². The number of aliphatic hydroxyl groups is 1. The Morgan fingerprint density at radius 2 is 1.88 bits per heavy atom. The second kappa shape index (κ2) is 7.32. The number of pyridine rings is 1. The standard InChI is InChI=1S/C17H16F3N3O/c1-2-14(23-15-5-3-4-13(10-21)22-15)16(24)11-6-8-12(9-7-11)17(18,19)20/h3-9,14,16,24H,2H2,1H3,(H,22,23). The van der Waals surface area contributed by atoms with Crippen LogP contribution >= 0.6 is 0 Å². The second-order valence-electron chi connectivity index (χ2n) is 5.24. The summed E-state index contributed by atoms with van der Waals surface area (Å²) >= 11 is 0. The van der Waals surface area contributed by atoms with Crippen molar-refractivity contribution < 1.29 is 18.3 Å². The number of aromatic nitrogens is 1. The monoisotopic (exact) mass is 335 g/mol. The molecule has 24 heavy (non-hydrogen) atoms. The smallest absolute Gasteiger partial charge is 0.386 e. The second-order valence-corrected chi connectivity index (χ2v) is 5.24. The lowest BCUT2D eigenvalue weighted by Gasteiger charge is -2.24. The van der Waals surface area contributed by atoms with Crippen molar-refractivity contribution >= 4 is 5.82 Å². The number of rotatable bonds is 5. The maximum Gasteiger partial charge on any atom is 0.416 e. The molecule has 1 aromatic heterocycles. The average molecular weight is 335 g/mol. The van der Waals surface area contributed by atoms with Crippen LogP contribution in [0.1, 0.15) is 36.3 Å². The van der Waals surface area contributed by atoms with Gasteiger partial charge in [0.1, 0.15) is 17.6 Å². The highest BCUT2D eigenvalue weighted by Gasteiger charge is 2.30. The number of nitrogens with one attached hydrogen (secondary N) is 1. The molecule has 0 spiro atoms. The zero-order chi connectivity index (χ0) is 17.7. The normalized spacial score (nSPS) is 13.8. The maximum atomic E-state index is 12.6. The number of benzene rings is 1. The van der Waals surface area contributed by atoms with E-state index in [1.54, 1.807) is 18.2 Å². The van der Waals surface area contributed by atoms with Crippen LogP contribution in [0.3, 0.4) is 0 Å². The molecule has 2 aromatic rings. The molecule has 0 fully saturated rings. The Kier molecular flexibility index (Phi) is 5.42. The molecule has 2 N–H and O–H groups in total. The first-order valence-electron chi connectivity index (χ1n) is 7.34. The highest BCUT2D eigenvalue weighted by atomic mass is 19.4. The molecule has 1 aromatic carbocycles. The number of hydrogen-bond donors (Lipinski definition) is 2. The molecule has 0 radical (unpaired) electrons. The molecule has 0 aliphatic heterocycles. The fourth-order valence-electron chi connectivity index (χ4n) is 2.27. The lowest BCUT2D eigenvalue weighted by Crippen LogP contribution is -2.27. The molecule has 2 atom stereocenters. The first-order valence-corrected chi connectivity index (χ1v) is 7.34. The Bertz CT molecular complexity index is 723. The molecule has 0 saturated carbocycles. The zero-order valence-corrected chi connectivity index (χ0v) is 12.9. The van der Waals surface area contributed by atoms with Crippen LogP contribution in [0.15, 0.2) is 42.5 Å². The summed E-state index contributed by atoms with van der Waals surface area (Å²) in [6.45, 7) is 1.83. The zero-order valence-electron chi connectivity index (χ0n) is 12.9. The Morgan fingerprint density at radius 1 is 1.21 bits per heavy atom. The van der Waals surface area contributed by atoms with Gasteiger partial charge in [0.25, 0.3) is 0 Å². The molecule has 2 unspecified atom stereocenters. The molecule has 7 heteroatoms. The van der Waals surface area contributed by atoms with Crippen LogP contribution in [0.25, 0.3) is 0 Å². The van der Waals surface area contributed by atoms with E-state index in [0.29, 0.717) is 17.8 Å². The Hall–Kier alpha value is -2.59. The minimum Gasteiger partial charge on any atom is -0.386 e. The number of halogens is 3. The number of nitrogens with zero attached hydrogens (tertiary/aromatic N) is 2. The van der Waals surface area contributed by atoms with E-state index in [1.165, 1.54) is 12.1 Å². The van der Waals surface area contributed by atoms with E-state index in [0.717, 1.165) is 12.1 Å². The molecule has 0 saturated heterocycles. The van der Waals surface area contributed by atoms with Crippen LogP contribution in [0.4, 0.5) is 19.0 Å². The van der Waals surface area contributed by atoms with E-state index in [4.69, 9.17) is 5.26 Å². The van der Waals surface area contributed by atoms with Crippen LogP contribution in [0.2, 0.25) is 0 Å². The van der Waals surface area contributed by atoms with Crippen molar-refractivity contribution in [3.8, 4) is 6.07 Å². The summed E-state index contributed by atoms with van der Waals surface area (Å²) in [7, 11) is 0. The Morgan fingerprint density at radius 3 is 2.42 bits per heavy atom. The summed E-state index contributed by atoms with van der Waals surface area (Å²) < 4.78 is 37.8. The van der Waals surface area contributed by atoms with Crippen molar-refractivity contribution in [2.75, 3.05) is 5.32 Å². The van der Waals surface area contributed by atoms with E-state index in [9.17, 15) is 18.3 Å². The number of anilines is 1.